The highest BCUT2D eigenvalue weighted by atomic mass is 19.1. The van der Waals surface area contributed by atoms with E-state index in [-0.39, 0.29) is 5.82 Å². The number of nitrogens with one attached hydrogen (secondary N) is 1. The van der Waals surface area contributed by atoms with E-state index in [4.69, 9.17) is 4.74 Å². The average molecular weight is 264 g/mol. The average Bonchev–Trinajstić information content (AvgIpc) is 3.24. The predicted molar refractivity (Wildman–Crippen MR) is 73.9 cm³/mol. The Labute approximate surface area is 113 Å². The lowest BCUT2D eigenvalue weighted by atomic mass is 10.1. The lowest BCUT2D eigenvalue weighted by Crippen LogP contribution is -2.28. The van der Waals surface area contributed by atoms with Crippen molar-refractivity contribution in [1.29, 1.82) is 0 Å². The Morgan fingerprint density at radius 2 is 2.16 bits per heavy atom. The summed E-state index contributed by atoms with van der Waals surface area (Å²) in [5, 5.41) is 3.47. The van der Waals surface area contributed by atoms with E-state index >= 15 is 0 Å². The number of rotatable bonds is 4. The van der Waals surface area contributed by atoms with Gasteiger partial charge in [0, 0.05) is 38.0 Å². The summed E-state index contributed by atoms with van der Waals surface area (Å²) in [7, 11) is 0. The second-order valence-corrected chi connectivity index (χ2v) is 5.38. The third-order valence-electron chi connectivity index (χ3n) is 3.76. The first-order valence-corrected chi connectivity index (χ1v) is 7.17. The van der Waals surface area contributed by atoms with Crippen LogP contribution in [0.2, 0.25) is 0 Å². The van der Waals surface area contributed by atoms with E-state index in [0.717, 1.165) is 50.5 Å². The Kier molecular flexibility index (Phi) is 3.99. The summed E-state index contributed by atoms with van der Waals surface area (Å²) in [6.07, 6.45) is 3.54. The van der Waals surface area contributed by atoms with E-state index in [2.05, 4.69) is 10.2 Å². The molecule has 0 spiro atoms. The van der Waals surface area contributed by atoms with E-state index in [1.54, 1.807) is 12.1 Å². The molecule has 3 rings (SSSR count). The first-order valence-electron chi connectivity index (χ1n) is 7.17. The Morgan fingerprint density at radius 1 is 1.26 bits per heavy atom. The first kappa shape index (κ1) is 12.9. The summed E-state index contributed by atoms with van der Waals surface area (Å²) in [6.45, 7) is 4.22. The molecule has 19 heavy (non-hydrogen) atoms. The molecule has 0 aromatic heterocycles. The molecule has 3 nitrogen and oxygen atoms in total. The topological polar surface area (TPSA) is 24.5 Å². The molecule has 1 aliphatic carbocycles. The van der Waals surface area contributed by atoms with E-state index < -0.39 is 0 Å². The van der Waals surface area contributed by atoms with Crippen molar-refractivity contribution in [2.24, 2.45) is 0 Å². The Bertz CT molecular complexity index is 426. The summed E-state index contributed by atoms with van der Waals surface area (Å²) >= 11 is 0. The maximum absolute atomic E-state index is 13.5. The van der Waals surface area contributed by atoms with Gasteiger partial charge >= 0.3 is 0 Å². The smallest absolute Gasteiger partial charge is 0.123 e. The number of halogens is 1. The molecule has 1 saturated carbocycles. The molecule has 0 atom stereocenters. The van der Waals surface area contributed by atoms with Gasteiger partial charge in [0.05, 0.1) is 6.61 Å². The normalized spacial score (nSPS) is 20.4. The van der Waals surface area contributed by atoms with Crippen LogP contribution in [0.25, 0.3) is 0 Å². The Morgan fingerprint density at radius 3 is 3.00 bits per heavy atom. The molecule has 1 saturated heterocycles. The van der Waals surface area contributed by atoms with Crippen LogP contribution in [0.3, 0.4) is 0 Å². The van der Waals surface area contributed by atoms with Gasteiger partial charge in [0.1, 0.15) is 5.82 Å². The Balaban J connectivity index is 1.76. The number of anilines is 1. The summed E-state index contributed by atoms with van der Waals surface area (Å²) in [5.74, 6) is -0.151. The van der Waals surface area contributed by atoms with Crippen molar-refractivity contribution in [2.75, 3.05) is 31.2 Å². The van der Waals surface area contributed by atoms with Crippen LogP contribution in [0.15, 0.2) is 18.2 Å². The number of hydrogen-bond donors (Lipinski definition) is 1. The largest absolute Gasteiger partial charge is 0.380 e. The highest BCUT2D eigenvalue weighted by Crippen LogP contribution is 2.25. The molecular weight excluding hydrogens is 243 g/mol. The van der Waals surface area contributed by atoms with Crippen LogP contribution >= 0.6 is 0 Å². The van der Waals surface area contributed by atoms with Gasteiger partial charge in [0.2, 0.25) is 0 Å². The van der Waals surface area contributed by atoms with Gasteiger partial charge < -0.3 is 15.0 Å². The molecule has 1 aromatic rings. The quantitative estimate of drug-likeness (QED) is 0.903. The monoisotopic (exact) mass is 264 g/mol. The third-order valence-corrected chi connectivity index (χ3v) is 3.76. The molecule has 1 aliphatic heterocycles. The van der Waals surface area contributed by atoms with Crippen molar-refractivity contribution in [3.8, 4) is 0 Å². The van der Waals surface area contributed by atoms with Crippen molar-refractivity contribution in [1.82, 2.24) is 5.32 Å². The van der Waals surface area contributed by atoms with Crippen molar-refractivity contribution < 1.29 is 9.13 Å². The second-order valence-electron chi connectivity index (χ2n) is 5.38. The summed E-state index contributed by atoms with van der Waals surface area (Å²) in [6, 6.07) is 5.77. The van der Waals surface area contributed by atoms with Crippen LogP contribution in [0, 0.1) is 5.82 Å². The highest BCUT2D eigenvalue weighted by molar-refractivity contribution is 5.54. The predicted octanol–water partition coefficient (Wildman–Crippen LogP) is 2.30. The maximum Gasteiger partial charge on any atom is 0.123 e. The van der Waals surface area contributed by atoms with Crippen LogP contribution < -0.4 is 10.2 Å². The molecule has 4 heteroatoms. The maximum atomic E-state index is 13.5. The minimum absolute atomic E-state index is 0.151. The minimum Gasteiger partial charge on any atom is -0.380 e. The fraction of sp³-hybridized carbons (Fsp3) is 0.600. The molecule has 2 aliphatic rings. The molecular formula is C15H21FN2O. The van der Waals surface area contributed by atoms with E-state index in [1.165, 1.54) is 12.8 Å². The third kappa shape index (κ3) is 3.45. The van der Waals surface area contributed by atoms with Crippen LogP contribution in [0.4, 0.5) is 10.1 Å². The summed E-state index contributed by atoms with van der Waals surface area (Å²) < 4.78 is 19.0. The molecule has 1 N–H and O–H groups in total. The standard InChI is InChI=1S/C15H21FN2O/c16-13-2-5-15(18-6-1-8-19-9-7-18)12(10-13)11-17-14-3-4-14/h2,5,10,14,17H,1,3-4,6-9,11H2. The number of ether oxygens (including phenoxy) is 1. The fourth-order valence-corrected chi connectivity index (χ4v) is 2.53. The van der Waals surface area contributed by atoms with Gasteiger partial charge in [0.25, 0.3) is 0 Å². The number of nitrogens with zero attached hydrogens (tertiary/aromatic N) is 1. The zero-order valence-corrected chi connectivity index (χ0v) is 11.2. The van der Waals surface area contributed by atoms with Crippen molar-refractivity contribution in [2.45, 2.75) is 31.8 Å². The minimum atomic E-state index is -0.151. The first-order chi connectivity index (χ1) is 9.33. The number of hydrogen-bond acceptors (Lipinski definition) is 3. The van der Waals surface area contributed by atoms with Crippen LogP contribution in [-0.2, 0) is 11.3 Å². The van der Waals surface area contributed by atoms with E-state index in [1.807, 2.05) is 6.07 Å². The fourth-order valence-electron chi connectivity index (χ4n) is 2.53. The van der Waals surface area contributed by atoms with E-state index in [9.17, 15) is 4.39 Å². The lowest BCUT2D eigenvalue weighted by molar-refractivity contribution is 0.152. The highest BCUT2D eigenvalue weighted by Gasteiger charge is 2.21. The molecule has 0 radical (unpaired) electrons. The molecule has 1 heterocycles. The van der Waals surface area contributed by atoms with Gasteiger partial charge in [-0.25, -0.2) is 4.39 Å². The molecule has 1 aromatic carbocycles. The van der Waals surface area contributed by atoms with Crippen LogP contribution in [-0.4, -0.2) is 32.3 Å². The molecule has 2 fully saturated rings. The second kappa shape index (κ2) is 5.88. The SMILES string of the molecule is Fc1ccc(N2CCCOCC2)c(CNC2CC2)c1. The van der Waals surface area contributed by atoms with Crippen LogP contribution in [0.5, 0.6) is 0 Å². The van der Waals surface area contributed by atoms with Gasteiger partial charge in [-0.05, 0) is 43.0 Å². The summed E-state index contributed by atoms with van der Waals surface area (Å²) in [4.78, 5) is 2.32. The van der Waals surface area contributed by atoms with Gasteiger partial charge in [-0.2, -0.15) is 0 Å². The van der Waals surface area contributed by atoms with Crippen molar-refractivity contribution in [3.63, 3.8) is 0 Å². The Hall–Kier alpha value is -1.13. The zero-order valence-electron chi connectivity index (χ0n) is 11.2. The molecule has 0 unspecified atom stereocenters. The number of benzene rings is 1. The van der Waals surface area contributed by atoms with Crippen molar-refractivity contribution >= 4 is 5.69 Å². The zero-order chi connectivity index (χ0) is 13.1. The van der Waals surface area contributed by atoms with Crippen LogP contribution in [0.1, 0.15) is 24.8 Å². The van der Waals surface area contributed by atoms with Crippen molar-refractivity contribution in [3.05, 3.63) is 29.6 Å². The summed E-state index contributed by atoms with van der Waals surface area (Å²) in [5.41, 5.74) is 2.22. The van der Waals surface area contributed by atoms with E-state index in [0.29, 0.717) is 6.04 Å². The van der Waals surface area contributed by atoms with Gasteiger partial charge in [0.15, 0.2) is 0 Å². The van der Waals surface area contributed by atoms with Gasteiger partial charge in [-0.15, -0.1) is 0 Å². The van der Waals surface area contributed by atoms with Gasteiger partial charge in [-0.1, -0.05) is 0 Å². The molecule has 0 bridgehead atoms. The lowest BCUT2D eigenvalue weighted by Gasteiger charge is -2.25. The van der Waals surface area contributed by atoms with Gasteiger partial charge in [-0.3, -0.25) is 0 Å². The molecule has 104 valence electrons. The molecule has 0 amide bonds.